The predicted molar refractivity (Wildman–Crippen MR) is 159 cm³/mol. The molecule has 0 aromatic heterocycles. The molecule has 0 fully saturated rings. The molecule has 0 radical (unpaired) electrons. The van der Waals surface area contributed by atoms with Gasteiger partial charge in [0.15, 0.2) is 5.78 Å². The van der Waals surface area contributed by atoms with E-state index in [1.807, 2.05) is 0 Å². The number of allylic oxidation sites excluding steroid dienone is 3. The number of carbonyl (C=O) groups excluding carboxylic acids is 3. The summed E-state index contributed by atoms with van der Waals surface area (Å²) in [5, 5.41) is 10.5. The van der Waals surface area contributed by atoms with Crippen molar-refractivity contribution < 1.29 is 33.3 Å². The van der Waals surface area contributed by atoms with Gasteiger partial charge in [0.05, 0.1) is 32.9 Å². The van der Waals surface area contributed by atoms with Crippen LogP contribution in [-0.4, -0.2) is 50.5 Å². The predicted octanol–water partition coefficient (Wildman–Crippen LogP) is 6.48. The number of benzene rings is 2. The normalized spacial score (nSPS) is 12.4. The molecule has 0 saturated heterocycles. The molecule has 0 bridgehead atoms. The van der Waals surface area contributed by atoms with Crippen LogP contribution in [0.2, 0.25) is 0 Å². The van der Waals surface area contributed by atoms with Crippen molar-refractivity contribution in [3.8, 4) is 11.5 Å². The van der Waals surface area contributed by atoms with E-state index < -0.39 is 23.6 Å². The maximum absolute atomic E-state index is 13.9. The van der Waals surface area contributed by atoms with Crippen LogP contribution < -0.4 is 14.8 Å². The van der Waals surface area contributed by atoms with Gasteiger partial charge in [0.25, 0.3) is 0 Å². The maximum Gasteiger partial charge on any atom is 0.412 e. The average molecular weight is 648 g/mol. The summed E-state index contributed by atoms with van der Waals surface area (Å²) in [5.41, 5.74) is 0.341. The molecule has 0 aliphatic heterocycles. The van der Waals surface area contributed by atoms with Gasteiger partial charge >= 0.3 is 12.1 Å². The molecule has 0 aliphatic rings. The van der Waals surface area contributed by atoms with Gasteiger partial charge in [0.1, 0.15) is 22.8 Å². The number of amides is 1. The number of ether oxygens (including phenoxy) is 4. The Balaban J connectivity index is 2.55. The van der Waals surface area contributed by atoms with E-state index in [4.69, 9.17) is 19.6 Å². The third-order valence-corrected chi connectivity index (χ3v) is 6.09. The Morgan fingerprint density at radius 2 is 1.69 bits per heavy atom. The topological polar surface area (TPSA) is 124 Å². The van der Waals surface area contributed by atoms with Crippen LogP contribution in [0.5, 0.6) is 11.5 Å². The quantitative estimate of drug-likeness (QED) is 0.0941. The Kier molecular flexibility index (Phi) is 11.7. The first-order valence-corrected chi connectivity index (χ1v) is 13.0. The molecule has 9 nitrogen and oxygen atoms in total. The van der Waals surface area contributed by atoms with Crippen molar-refractivity contribution in [1.29, 1.82) is 5.41 Å². The standard InChI is InChI=1S/C29H33IN2O7/c1-29(2,3)39-28(35)32-25-17-21(37-5)13-14-22(25)23(26(33)18-9-7-11-20(15-18)36-4)16-19(30)10-8-12-24(31)27(34)38-6/h7-15,17,23,31H,16H2,1-6H3,(H,32,35)/b12-8-,19-10-,31-24?. The van der Waals surface area contributed by atoms with Gasteiger partial charge in [-0.2, -0.15) is 0 Å². The highest BCUT2D eigenvalue weighted by Gasteiger charge is 2.27. The number of rotatable bonds is 11. The molecule has 1 atom stereocenters. The smallest absolute Gasteiger partial charge is 0.412 e. The number of ketones is 1. The van der Waals surface area contributed by atoms with Crippen LogP contribution in [0.4, 0.5) is 10.5 Å². The zero-order valence-corrected chi connectivity index (χ0v) is 25.0. The molecule has 39 heavy (non-hydrogen) atoms. The Bertz CT molecular complexity index is 1280. The lowest BCUT2D eigenvalue weighted by Crippen LogP contribution is -2.28. The maximum atomic E-state index is 13.9. The summed E-state index contributed by atoms with van der Waals surface area (Å²) in [6.07, 6.45) is 4.16. The molecule has 0 saturated carbocycles. The third kappa shape index (κ3) is 9.86. The molecule has 208 valence electrons. The van der Waals surface area contributed by atoms with E-state index in [1.165, 1.54) is 27.4 Å². The van der Waals surface area contributed by atoms with Crippen LogP contribution in [0, 0.1) is 5.41 Å². The second-order valence-corrected chi connectivity index (χ2v) is 10.7. The molecule has 2 N–H and O–H groups in total. The van der Waals surface area contributed by atoms with Crippen molar-refractivity contribution in [1.82, 2.24) is 0 Å². The van der Waals surface area contributed by atoms with Crippen LogP contribution in [0.1, 0.15) is 49.0 Å². The number of nitrogens with one attached hydrogen (secondary N) is 2. The third-order valence-electron chi connectivity index (χ3n) is 5.29. The zero-order valence-electron chi connectivity index (χ0n) is 22.8. The van der Waals surface area contributed by atoms with Crippen molar-refractivity contribution in [3.63, 3.8) is 0 Å². The van der Waals surface area contributed by atoms with E-state index >= 15 is 0 Å². The lowest BCUT2D eigenvalue weighted by molar-refractivity contribution is -0.132. The number of methoxy groups -OCH3 is 3. The molecular formula is C29H33IN2O7. The van der Waals surface area contributed by atoms with E-state index in [0.29, 0.717) is 28.3 Å². The fourth-order valence-electron chi connectivity index (χ4n) is 3.50. The summed E-state index contributed by atoms with van der Waals surface area (Å²) in [6.45, 7) is 5.28. The summed E-state index contributed by atoms with van der Waals surface area (Å²) in [7, 11) is 4.24. The van der Waals surface area contributed by atoms with E-state index in [0.717, 1.165) is 3.58 Å². The van der Waals surface area contributed by atoms with E-state index in [9.17, 15) is 14.4 Å². The van der Waals surface area contributed by atoms with Crippen molar-refractivity contribution in [2.75, 3.05) is 26.6 Å². The van der Waals surface area contributed by atoms with Gasteiger partial charge in [-0.15, -0.1) is 0 Å². The summed E-state index contributed by atoms with van der Waals surface area (Å²) in [5.74, 6) is -0.635. The van der Waals surface area contributed by atoms with Crippen molar-refractivity contribution in [3.05, 3.63) is 75.4 Å². The highest BCUT2D eigenvalue weighted by Crippen LogP contribution is 2.37. The molecular weight excluding hydrogens is 615 g/mol. The van der Waals surface area contributed by atoms with Crippen LogP contribution in [-0.2, 0) is 14.3 Å². The number of anilines is 1. The Morgan fingerprint density at radius 1 is 1.03 bits per heavy atom. The molecule has 1 amide bonds. The Hall–Kier alpha value is -3.67. The van der Waals surface area contributed by atoms with Crippen molar-refractivity contribution in [2.45, 2.75) is 38.7 Å². The molecule has 2 aromatic carbocycles. The van der Waals surface area contributed by atoms with E-state index in [-0.39, 0.29) is 17.9 Å². The molecule has 0 heterocycles. The fraction of sp³-hybridized carbons (Fsp3) is 0.310. The molecule has 0 aliphatic carbocycles. The SMILES string of the molecule is COC(=O)C(=N)/C=C\C=C(/I)CC(C(=O)c1cccc(OC)c1)c1ccc(OC)cc1NC(=O)OC(C)(C)C. The van der Waals surface area contributed by atoms with Crippen molar-refractivity contribution in [2.24, 2.45) is 0 Å². The molecule has 2 rings (SSSR count). The first-order chi connectivity index (χ1) is 18.4. The van der Waals surface area contributed by atoms with Gasteiger partial charge in [-0.3, -0.25) is 15.5 Å². The second kappa shape index (κ2) is 14.5. The van der Waals surface area contributed by atoms with Crippen LogP contribution >= 0.6 is 22.6 Å². The summed E-state index contributed by atoms with van der Waals surface area (Å²) >= 11 is 2.10. The number of esters is 1. The summed E-state index contributed by atoms with van der Waals surface area (Å²) in [4.78, 5) is 38.1. The number of carbonyl (C=O) groups is 3. The first kappa shape index (κ1) is 31.5. The van der Waals surface area contributed by atoms with Gasteiger partial charge in [0, 0.05) is 11.6 Å². The zero-order chi connectivity index (χ0) is 29.2. The number of halogens is 1. The van der Waals surface area contributed by atoms with Crippen LogP contribution in [0.25, 0.3) is 0 Å². The van der Waals surface area contributed by atoms with E-state index in [2.05, 4.69) is 32.6 Å². The Morgan fingerprint density at radius 3 is 2.31 bits per heavy atom. The highest BCUT2D eigenvalue weighted by atomic mass is 127. The van der Waals surface area contributed by atoms with Gasteiger partial charge < -0.3 is 18.9 Å². The minimum absolute atomic E-state index is 0.194. The fourth-order valence-corrected chi connectivity index (χ4v) is 4.15. The van der Waals surface area contributed by atoms with Gasteiger partial charge in [-0.1, -0.05) is 30.4 Å². The molecule has 10 heteroatoms. The number of hydrogen-bond donors (Lipinski definition) is 2. The van der Waals surface area contributed by atoms with Gasteiger partial charge in [-0.25, -0.2) is 9.59 Å². The highest BCUT2D eigenvalue weighted by molar-refractivity contribution is 14.1. The molecule has 0 spiro atoms. The molecule has 1 unspecified atom stereocenters. The molecule has 2 aromatic rings. The minimum Gasteiger partial charge on any atom is -0.497 e. The van der Waals surface area contributed by atoms with Crippen LogP contribution in [0.3, 0.4) is 0 Å². The average Bonchev–Trinajstić information content (AvgIpc) is 2.89. The summed E-state index contributed by atoms with van der Waals surface area (Å²) < 4.78 is 21.4. The van der Waals surface area contributed by atoms with Gasteiger partial charge in [0.2, 0.25) is 0 Å². The lowest BCUT2D eigenvalue weighted by atomic mass is 9.86. The monoisotopic (exact) mass is 648 g/mol. The second-order valence-electron chi connectivity index (χ2n) is 9.31. The van der Waals surface area contributed by atoms with E-state index in [1.54, 1.807) is 75.4 Å². The number of hydrogen-bond acceptors (Lipinski definition) is 8. The minimum atomic E-state index is -0.753. The summed E-state index contributed by atoms with van der Waals surface area (Å²) in [6, 6.07) is 11.9. The first-order valence-electron chi connectivity index (χ1n) is 11.9. The largest absolute Gasteiger partial charge is 0.497 e. The Labute approximate surface area is 242 Å². The van der Waals surface area contributed by atoms with Crippen LogP contribution in [0.15, 0.2) is 64.3 Å². The number of Topliss-reactive ketones (excluding diaryl/α,β-unsaturated/α-hetero) is 1. The lowest BCUT2D eigenvalue weighted by Gasteiger charge is -2.23. The van der Waals surface area contributed by atoms with Gasteiger partial charge in [-0.05, 0) is 83.2 Å². The van der Waals surface area contributed by atoms with Crippen molar-refractivity contribution >= 4 is 51.8 Å².